The highest BCUT2D eigenvalue weighted by Gasteiger charge is 2.28. The van der Waals surface area contributed by atoms with Crippen LogP contribution in [0.4, 0.5) is 5.69 Å². The first-order valence-corrected chi connectivity index (χ1v) is 24.0. The predicted molar refractivity (Wildman–Crippen MR) is 261 cm³/mol. The molecule has 3 aliphatic heterocycles. The van der Waals surface area contributed by atoms with Gasteiger partial charge in [-0.1, -0.05) is 25.1 Å². The Kier molecular flexibility index (Phi) is 16.5. The molecule has 6 heterocycles. The number of anilines is 1. The van der Waals surface area contributed by atoms with E-state index in [4.69, 9.17) is 14.2 Å². The van der Waals surface area contributed by atoms with E-state index in [1.807, 2.05) is 77.5 Å². The molecule has 1 unspecified atom stereocenters. The highest BCUT2D eigenvalue weighted by Crippen LogP contribution is 2.29. The van der Waals surface area contributed by atoms with Gasteiger partial charge in [0.1, 0.15) is 11.4 Å². The summed E-state index contributed by atoms with van der Waals surface area (Å²) in [5, 5.41) is 6.26. The molecule has 360 valence electrons. The van der Waals surface area contributed by atoms with Crippen LogP contribution in [0.5, 0.6) is 5.75 Å². The Morgan fingerprint density at radius 1 is 0.838 bits per heavy atom. The number of methoxy groups -OCH3 is 2. The molecule has 1 atom stereocenters. The topological polar surface area (TPSA) is 175 Å². The van der Waals surface area contributed by atoms with Gasteiger partial charge in [0.25, 0.3) is 17.4 Å². The maximum absolute atomic E-state index is 13.7. The number of hydrogen-bond donors (Lipinski definition) is 3. The molecular weight excluding hydrogens is 863 g/mol. The fourth-order valence-corrected chi connectivity index (χ4v) is 9.54. The van der Waals surface area contributed by atoms with E-state index in [0.29, 0.717) is 63.6 Å². The number of aromatic nitrogens is 3. The van der Waals surface area contributed by atoms with Crippen molar-refractivity contribution in [2.24, 2.45) is 0 Å². The van der Waals surface area contributed by atoms with Crippen molar-refractivity contribution < 1.29 is 28.6 Å². The highest BCUT2D eigenvalue weighted by molar-refractivity contribution is 5.94. The molecular formula is C52H65N9O7. The summed E-state index contributed by atoms with van der Waals surface area (Å²) >= 11 is 0. The zero-order valence-corrected chi connectivity index (χ0v) is 39.6. The van der Waals surface area contributed by atoms with E-state index >= 15 is 0 Å². The number of ether oxygens (including phenoxy) is 3. The number of nitrogens with one attached hydrogen (secondary N) is 3. The molecule has 3 N–H and O–H groups in total. The van der Waals surface area contributed by atoms with Crippen molar-refractivity contribution in [3.05, 3.63) is 129 Å². The van der Waals surface area contributed by atoms with Crippen molar-refractivity contribution >= 4 is 34.4 Å². The number of amides is 3. The Hall–Kier alpha value is -6.20. The van der Waals surface area contributed by atoms with E-state index in [2.05, 4.69) is 41.5 Å². The number of fused-ring (bicyclic) bond motifs is 1. The molecule has 8 rings (SSSR count). The Bertz CT molecular complexity index is 2570. The van der Waals surface area contributed by atoms with Crippen LogP contribution in [0.1, 0.15) is 87.2 Å². The summed E-state index contributed by atoms with van der Waals surface area (Å²) < 4.78 is 16.9. The number of carbonyl (C=O) groups excluding carboxylic acids is 3. The minimum absolute atomic E-state index is 0.00729. The lowest BCUT2D eigenvalue weighted by Crippen LogP contribution is -2.46. The third-order valence-corrected chi connectivity index (χ3v) is 13.5. The second-order valence-electron chi connectivity index (χ2n) is 18.0. The van der Waals surface area contributed by atoms with E-state index in [1.165, 1.54) is 0 Å². The zero-order valence-electron chi connectivity index (χ0n) is 39.6. The van der Waals surface area contributed by atoms with Crippen LogP contribution in [-0.4, -0.2) is 140 Å². The van der Waals surface area contributed by atoms with Crippen LogP contribution in [0.25, 0.3) is 11.0 Å². The van der Waals surface area contributed by atoms with Gasteiger partial charge in [-0.15, -0.1) is 0 Å². The standard InChI is InChI=1S/C52H65N9O7/c1-4-37-28-47-48(57-50(37)63)25-36(29-55-47)33-58-20-22-59(23-21-58)43-11-13-46(56-31-43)51(64)54-16-24-68-44-14-18-60(19-15-44)52(65)39-8-5-7-38(26-39)41-9-6-17-61(34-41)49(62)32-53-30-40-10-12-45(67-3)27-42(40)35-66-2/h5,7-8,10-13,25-29,31,41,44,53H,4,6,9,14-24,30,32-35H2,1-3H3,(H,54,64)(H,57,63). The number of aromatic amines is 1. The van der Waals surface area contributed by atoms with E-state index in [1.54, 1.807) is 26.5 Å². The molecule has 68 heavy (non-hydrogen) atoms. The van der Waals surface area contributed by atoms with Crippen molar-refractivity contribution in [2.75, 3.05) is 91.2 Å². The number of piperazine rings is 1. The van der Waals surface area contributed by atoms with Gasteiger partial charge in [-0.3, -0.25) is 29.1 Å². The summed E-state index contributed by atoms with van der Waals surface area (Å²) in [7, 11) is 3.30. The second kappa shape index (κ2) is 23.2. The molecule has 16 nitrogen and oxygen atoms in total. The fraction of sp³-hybridized carbons (Fsp3) is 0.462. The Morgan fingerprint density at radius 3 is 2.44 bits per heavy atom. The molecule has 3 aromatic heterocycles. The summed E-state index contributed by atoms with van der Waals surface area (Å²) in [6, 6.07) is 21.4. The molecule has 0 aliphatic carbocycles. The highest BCUT2D eigenvalue weighted by atomic mass is 16.5. The predicted octanol–water partition coefficient (Wildman–Crippen LogP) is 4.90. The van der Waals surface area contributed by atoms with Gasteiger partial charge in [0.2, 0.25) is 5.91 Å². The van der Waals surface area contributed by atoms with Crippen LogP contribution in [0, 0.1) is 0 Å². The van der Waals surface area contributed by atoms with Crippen LogP contribution < -0.4 is 25.8 Å². The van der Waals surface area contributed by atoms with Crippen molar-refractivity contribution in [1.29, 1.82) is 0 Å². The van der Waals surface area contributed by atoms with Crippen LogP contribution in [0.3, 0.4) is 0 Å². The van der Waals surface area contributed by atoms with Crippen molar-refractivity contribution in [3.63, 3.8) is 0 Å². The normalized spacial score (nSPS) is 17.1. The molecule has 0 bridgehead atoms. The molecule has 0 spiro atoms. The lowest BCUT2D eigenvalue weighted by Gasteiger charge is -2.36. The Morgan fingerprint density at radius 2 is 1.68 bits per heavy atom. The molecule has 3 saturated heterocycles. The van der Waals surface area contributed by atoms with Crippen LogP contribution in [0.15, 0.2) is 83.9 Å². The number of benzene rings is 2. The minimum atomic E-state index is -0.244. The Balaban J connectivity index is 0.716. The quantitative estimate of drug-likeness (QED) is 0.102. The first-order chi connectivity index (χ1) is 33.2. The van der Waals surface area contributed by atoms with Crippen LogP contribution in [-0.2, 0) is 40.4 Å². The molecule has 2 aromatic carbocycles. The molecule has 0 saturated carbocycles. The van der Waals surface area contributed by atoms with Crippen molar-refractivity contribution in [2.45, 2.75) is 70.7 Å². The second-order valence-corrected chi connectivity index (χ2v) is 18.0. The smallest absolute Gasteiger partial charge is 0.269 e. The summed E-state index contributed by atoms with van der Waals surface area (Å²) in [6.07, 6.45) is 7.65. The molecule has 5 aromatic rings. The van der Waals surface area contributed by atoms with Crippen molar-refractivity contribution in [1.82, 2.24) is 40.3 Å². The summed E-state index contributed by atoms with van der Waals surface area (Å²) in [6.45, 7) is 10.6. The number of nitrogens with zero attached hydrogens (tertiary/aromatic N) is 6. The lowest BCUT2D eigenvalue weighted by atomic mass is 9.89. The van der Waals surface area contributed by atoms with Gasteiger partial charge in [0, 0.05) is 102 Å². The lowest BCUT2D eigenvalue weighted by molar-refractivity contribution is -0.131. The van der Waals surface area contributed by atoms with Gasteiger partial charge in [0.05, 0.1) is 55.9 Å². The van der Waals surface area contributed by atoms with E-state index in [9.17, 15) is 19.2 Å². The van der Waals surface area contributed by atoms with E-state index in [-0.39, 0.29) is 41.8 Å². The largest absolute Gasteiger partial charge is 0.497 e. The third kappa shape index (κ3) is 12.3. The molecule has 3 fully saturated rings. The average Bonchev–Trinajstić information content (AvgIpc) is 3.38. The number of likely N-dealkylation sites (tertiary alicyclic amines) is 2. The summed E-state index contributed by atoms with van der Waals surface area (Å²) in [5.74, 6) is 0.772. The van der Waals surface area contributed by atoms with Gasteiger partial charge < -0.3 is 44.5 Å². The van der Waals surface area contributed by atoms with E-state index in [0.717, 1.165) is 115 Å². The number of H-pyrrole nitrogens is 1. The first-order valence-electron chi connectivity index (χ1n) is 24.0. The summed E-state index contributed by atoms with van der Waals surface area (Å²) in [5.41, 5.74) is 8.50. The van der Waals surface area contributed by atoms with Gasteiger partial charge in [-0.05, 0) is 103 Å². The van der Waals surface area contributed by atoms with Gasteiger partial charge in [-0.2, -0.15) is 0 Å². The monoisotopic (exact) mass is 928 g/mol. The van der Waals surface area contributed by atoms with E-state index < -0.39 is 0 Å². The number of aryl methyl sites for hydroxylation is 1. The number of pyridine rings is 3. The molecule has 3 aliphatic rings. The van der Waals surface area contributed by atoms with Crippen LogP contribution >= 0.6 is 0 Å². The van der Waals surface area contributed by atoms with Crippen LogP contribution in [0.2, 0.25) is 0 Å². The minimum Gasteiger partial charge on any atom is -0.497 e. The summed E-state index contributed by atoms with van der Waals surface area (Å²) in [4.78, 5) is 72.8. The van der Waals surface area contributed by atoms with Gasteiger partial charge in [-0.25, -0.2) is 4.98 Å². The Labute approximate surface area is 398 Å². The number of hydrogen-bond acceptors (Lipinski definition) is 12. The van der Waals surface area contributed by atoms with Crippen molar-refractivity contribution in [3.8, 4) is 5.75 Å². The third-order valence-electron chi connectivity index (χ3n) is 13.5. The zero-order chi connectivity index (χ0) is 47.4. The molecule has 16 heteroatoms. The average molecular weight is 928 g/mol. The molecule has 0 radical (unpaired) electrons. The fourth-order valence-electron chi connectivity index (χ4n) is 9.54. The number of carbonyl (C=O) groups is 3. The number of piperidine rings is 2. The molecule has 3 amide bonds. The van der Waals surface area contributed by atoms with Gasteiger partial charge in [0.15, 0.2) is 0 Å². The maximum Gasteiger partial charge on any atom is 0.269 e. The maximum atomic E-state index is 13.7. The number of rotatable bonds is 18. The van der Waals surface area contributed by atoms with Gasteiger partial charge >= 0.3 is 0 Å². The first kappa shape index (κ1) is 48.3. The SMILES string of the molecule is CCc1cc2ncc(CN3CCN(c4ccc(C(=O)NCCOC5CCN(C(=O)c6cccc(C7CCCN(C(=O)CNCc8ccc(OC)cc8COC)C7)c6)CC5)nc4)CC3)cc2[nH]c1=O.